The molecule has 3 rings (SSSR count). The highest BCUT2D eigenvalue weighted by molar-refractivity contribution is 5.75. The summed E-state index contributed by atoms with van der Waals surface area (Å²) in [5.74, 6) is -0.309. The molecule has 0 N–H and O–H groups in total. The molecule has 2 aromatic rings. The molecule has 0 bridgehead atoms. The molecule has 0 aliphatic carbocycles. The van der Waals surface area contributed by atoms with E-state index in [4.69, 9.17) is 4.74 Å². The summed E-state index contributed by atoms with van der Waals surface area (Å²) in [5, 5.41) is 0. The average molecular weight is 301 g/mol. The number of piperidine rings is 1. The SMILES string of the molecule is O=C(Oc1ccccc1F)C1CCN(c2cnccn2)CC1. The van der Waals surface area contributed by atoms with Gasteiger partial charge in [-0.2, -0.15) is 0 Å². The number of nitrogens with zero attached hydrogens (tertiary/aromatic N) is 3. The third-order valence-corrected chi connectivity index (χ3v) is 3.75. The zero-order chi connectivity index (χ0) is 15.4. The lowest BCUT2D eigenvalue weighted by molar-refractivity contribution is -0.139. The van der Waals surface area contributed by atoms with Crippen LogP contribution in [0.2, 0.25) is 0 Å². The number of benzene rings is 1. The second-order valence-electron chi connectivity index (χ2n) is 5.18. The molecule has 1 aliphatic rings. The van der Waals surface area contributed by atoms with Crippen LogP contribution in [0.4, 0.5) is 10.2 Å². The van der Waals surface area contributed by atoms with Crippen molar-refractivity contribution >= 4 is 11.8 Å². The number of esters is 1. The van der Waals surface area contributed by atoms with Crippen LogP contribution in [-0.2, 0) is 4.79 Å². The fourth-order valence-electron chi connectivity index (χ4n) is 2.52. The number of hydrogen-bond donors (Lipinski definition) is 0. The van der Waals surface area contributed by atoms with Gasteiger partial charge in [0.15, 0.2) is 11.6 Å². The number of carbonyl (C=O) groups excluding carboxylic acids is 1. The van der Waals surface area contributed by atoms with Crippen LogP contribution >= 0.6 is 0 Å². The number of aromatic nitrogens is 2. The van der Waals surface area contributed by atoms with Gasteiger partial charge in [-0.25, -0.2) is 9.37 Å². The Morgan fingerprint density at radius 2 is 2.00 bits per heavy atom. The minimum absolute atomic E-state index is 0.0103. The van der Waals surface area contributed by atoms with Gasteiger partial charge in [-0.3, -0.25) is 9.78 Å². The molecule has 114 valence electrons. The number of halogens is 1. The van der Waals surface area contributed by atoms with E-state index >= 15 is 0 Å². The molecule has 1 aliphatic heterocycles. The normalized spacial score (nSPS) is 15.6. The predicted molar refractivity (Wildman–Crippen MR) is 79.0 cm³/mol. The molecule has 0 saturated carbocycles. The molecule has 1 aromatic carbocycles. The minimum atomic E-state index is -0.521. The first-order valence-corrected chi connectivity index (χ1v) is 7.21. The number of para-hydroxylation sites is 1. The van der Waals surface area contributed by atoms with Crippen LogP contribution in [0.25, 0.3) is 0 Å². The van der Waals surface area contributed by atoms with E-state index in [0.717, 1.165) is 5.82 Å². The molecule has 5 nitrogen and oxygen atoms in total. The van der Waals surface area contributed by atoms with Crippen molar-refractivity contribution in [1.82, 2.24) is 9.97 Å². The van der Waals surface area contributed by atoms with Crippen molar-refractivity contribution in [3.05, 3.63) is 48.7 Å². The third kappa shape index (κ3) is 3.21. The standard InChI is InChI=1S/C16H16FN3O2/c17-13-3-1-2-4-14(13)22-16(21)12-5-9-20(10-6-12)15-11-18-7-8-19-15/h1-4,7-8,11-12H,5-6,9-10H2. The van der Waals surface area contributed by atoms with Crippen molar-refractivity contribution < 1.29 is 13.9 Å². The molecule has 0 atom stereocenters. The summed E-state index contributed by atoms with van der Waals surface area (Å²) in [6.07, 6.45) is 6.29. The van der Waals surface area contributed by atoms with Gasteiger partial charge in [-0.05, 0) is 25.0 Å². The Bertz CT molecular complexity index is 643. The highest BCUT2D eigenvalue weighted by atomic mass is 19.1. The third-order valence-electron chi connectivity index (χ3n) is 3.75. The number of rotatable bonds is 3. The van der Waals surface area contributed by atoms with Crippen molar-refractivity contribution in [2.24, 2.45) is 5.92 Å². The van der Waals surface area contributed by atoms with Gasteiger partial charge in [0, 0.05) is 25.5 Å². The van der Waals surface area contributed by atoms with E-state index in [9.17, 15) is 9.18 Å². The fourth-order valence-corrected chi connectivity index (χ4v) is 2.52. The van der Waals surface area contributed by atoms with E-state index in [0.29, 0.717) is 25.9 Å². The summed E-state index contributed by atoms with van der Waals surface area (Å²) >= 11 is 0. The lowest BCUT2D eigenvalue weighted by atomic mass is 9.97. The zero-order valence-corrected chi connectivity index (χ0v) is 12.0. The summed E-state index contributed by atoms with van der Waals surface area (Å²) < 4.78 is 18.7. The monoisotopic (exact) mass is 301 g/mol. The van der Waals surface area contributed by atoms with Crippen molar-refractivity contribution in [2.45, 2.75) is 12.8 Å². The molecule has 0 spiro atoms. The molecular formula is C16H16FN3O2. The lowest BCUT2D eigenvalue weighted by Gasteiger charge is -2.31. The van der Waals surface area contributed by atoms with Gasteiger partial charge in [0.25, 0.3) is 0 Å². The largest absolute Gasteiger partial charge is 0.423 e. The van der Waals surface area contributed by atoms with Gasteiger partial charge < -0.3 is 9.64 Å². The summed E-state index contributed by atoms with van der Waals surface area (Å²) in [6.45, 7) is 1.41. The summed E-state index contributed by atoms with van der Waals surface area (Å²) in [5.41, 5.74) is 0. The average Bonchev–Trinajstić information content (AvgIpc) is 2.58. The van der Waals surface area contributed by atoms with Gasteiger partial charge >= 0.3 is 5.97 Å². The van der Waals surface area contributed by atoms with Crippen molar-refractivity contribution in [3.63, 3.8) is 0 Å². The van der Waals surface area contributed by atoms with E-state index in [-0.39, 0.29) is 17.6 Å². The quantitative estimate of drug-likeness (QED) is 0.644. The highest BCUT2D eigenvalue weighted by Crippen LogP contribution is 2.24. The molecule has 1 saturated heterocycles. The van der Waals surface area contributed by atoms with Crippen molar-refractivity contribution in [2.75, 3.05) is 18.0 Å². The zero-order valence-electron chi connectivity index (χ0n) is 12.0. The first-order chi connectivity index (χ1) is 10.7. The molecule has 0 amide bonds. The molecule has 0 radical (unpaired) electrons. The van der Waals surface area contributed by atoms with E-state index in [2.05, 4.69) is 14.9 Å². The number of hydrogen-bond acceptors (Lipinski definition) is 5. The van der Waals surface area contributed by atoms with Crippen molar-refractivity contribution in [1.29, 1.82) is 0 Å². The molecule has 1 aromatic heterocycles. The highest BCUT2D eigenvalue weighted by Gasteiger charge is 2.27. The molecular weight excluding hydrogens is 285 g/mol. The Morgan fingerprint density at radius 3 is 2.68 bits per heavy atom. The maximum absolute atomic E-state index is 13.5. The summed E-state index contributed by atoms with van der Waals surface area (Å²) in [6, 6.07) is 5.94. The second-order valence-corrected chi connectivity index (χ2v) is 5.18. The van der Waals surface area contributed by atoms with Crippen LogP contribution in [0.1, 0.15) is 12.8 Å². The predicted octanol–water partition coefficient (Wildman–Crippen LogP) is 2.44. The molecule has 6 heteroatoms. The Hall–Kier alpha value is -2.50. The van der Waals surface area contributed by atoms with Crippen LogP contribution in [-0.4, -0.2) is 29.0 Å². The van der Waals surface area contributed by atoms with Crippen LogP contribution in [0, 0.1) is 11.7 Å². The first kappa shape index (κ1) is 14.4. The maximum Gasteiger partial charge on any atom is 0.314 e. The van der Waals surface area contributed by atoms with Gasteiger partial charge in [0.2, 0.25) is 0 Å². The van der Waals surface area contributed by atoms with E-state index < -0.39 is 5.82 Å². The number of carbonyl (C=O) groups is 1. The Morgan fingerprint density at radius 1 is 1.23 bits per heavy atom. The molecule has 0 unspecified atom stereocenters. The van der Waals surface area contributed by atoms with Crippen LogP contribution < -0.4 is 9.64 Å². The van der Waals surface area contributed by atoms with Gasteiger partial charge in [0.1, 0.15) is 5.82 Å². The smallest absolute Gasteiger partial charge is 0.314 e. The maximum atomic E-state index is 13.5. The Labute approximate surface area is 127 Å². The van der Waals surface area contributed by atoms with E-state index in [1.165, 1.54) is 12.1 Å². The van der Waals surface area contributed by atoms with Crippen LogP contribution in [0.15, 0.2) is 42.9 Å². The molecule has 22 heavy (non-hydrogen) atoms. The van der Waals surface area contributed by atoms with Crippen LogP contribution in [0.3, 0.4) is 0 Å². The van der Waals surface area contributed by atoms with E-state index in [1.807, 2.05) is 0 Å². The van der Waals surface area contributed by atoms with E-state index in [1.54, 1.807) is 30.7 Å². The lowest BCUT2D eigenvalue weighted by Crippen LogP contribution is -2.38. The van der Waals surface area contributed by atoms with Crippen molar-refractivity contribution in [3.8, 4) is 5.75 Å². The van der Waals surface area contributed by atoms with Gasteiger partial charge in [-0.1, -0.05) is 12.1 Å². The summed E-state index contributed by atoms with van der Waals surface area (Å²) in [7, 11) is 0. The molecule has 1 fully saturated rings. The summed E-state index contributed by atoms with van der Waals surface area (Å²) in [4.78, 5) is 22.5. The molecule has 2 heterocycles. The number of ether oxygens (including phenoxy) is 1. The fraction of sp³-hybridized carbons (Fsp3) is 0.312. The number of anilines is 1. The van der Waals surface area contributed by atoms with Gasteiger partial charge in [-0.15, -0.1) is 0 Å². The van der Waals surface area contributed by atoms with Crippen LogP contribution in [0.5, 0.6) is 5.75 Å². The first-order valence-electron chi connectivity index (χ1n) is 7.21. The topological polar surface area (TPSA) is 55.3 Å². The van der Waals surface area contributed by atoms with Gasteiger partial charge in [0.05, 0.1) is 12.1 Å². The minimum Gasteiger partial charge on any atom is -0.423 e. The Kier molecular flexibility index (Phi) is 4.27. The second kappa shape index (κ2) is 6.51. The Balaban J connectivity index is 1.57.